The van der Waals surface area contributed by atoms with Gasteiger partial charge in [-0.3, -0.25) is 9.81 Å². The maximum absolute atomic E-state index is 7.27. The number of imidazole rings is 1. The summed E-state index contributed by atoms with van der Waals surface area (Å²) < 4.78 is 2.07. The van der Waals surface area contributed by atoms with Crippen molar-refractivity contribution in [1.82, 2.24) is 9.38 Å². The van der Waals surface area contributed by atoms with E-state index >= 15 is 0 Å². The van der Waals surface area contributed by atoms with Gasteiger partial charge in [-0.25, -0.2) is 4.98 Å². The minimum Gasteiger partial charge on any atom is -0.387 e. The molecule has 0 aromatic carbocycles. The lowest BCUT2D eigenvalue weighted by atomic mass is 10.3. The van der Waals surface area contributed by atoms with E-state index in [1.165, 1.54) is 0 Å². The van der Waals surface area contributed by atoms with Gasteiger partial charge in [-0.1, -0.05) is 0 Å². The van der Waals surface area contributed by atoms with Crippen molar-refractivity contribution in [3.8, 4) is 0 Å². The first kappa shape index (κ1) is 9.21. The third-order valence-electron chi connectivity index (χ3n) is 2.27. The fraction of sp³-hybridized carbons (Fsp3) is 0.333. The van der Waals surface area contributed by atoms with Crippen LogP contribution < -0.4 is 5.73 Å². The lowest BCUT2D eigenvalue weighted by Crippen LogP contribution is -2.14. The third kappa shape index (κ3) is 1.29. The molecule has 4 nitrogen and oxygen atoms in total. The lowest BCUT2D eigenvalue weighted by molar-refractivity contribution is 1.02. The molecule has 0 radical (unpaired) electrons. The average molecular weight is 208 g/mol. The van der Waals surface area contributed by atoms with Crippen LogP contribution in [0.15, 0.2) is 5.38 Å². The monoisotopic (exact) mass is 208 g/mol. The van der Waals surface area contributed by atoms with Crippen molar-refractivity contribution in [3.05, 3.63) is 22.5 Å². The number of amidine groups is 1. The molecular formula is C9H12N4S. The Morgan fingerprint density at radius 2 is 2.36 bits per heavy atom. The molecule has 2 aromatic rings. The molecular weight excluding hydrogens is 196 g/mol. The molecule has 0 saturated heterocycles. The Morgan fingerprint density at radius 3 is 3.00 bits per heavy atom. The number of rotatable bonds is 2. The van der Waals surface area contributed by atoms with Crippen LogP contribution in [-0.2, 0) is 6.42 Å². The number of thiazole rings is 1. The number of nitrogens with one attached hydrogen (secondary N) is 1. The number of hydrogen-bond donors (Lipinski definition) is 2. The minimum atomic E-state index is 0.190. The summed E-state index contributed by atoms with van der Waals surface area (Å²) in [4.78, 5) is 5.39. The first-order chi connectivity index (χ1) is 6.59. The van der Waals surface area contributed by atoms with E-state index in [9.17, 15) is 0 Å². The molecule has 0 amide bonds. The number of nitrogens with zero attached hydrogens (tertiary/aromatic N) is 2. The Balaban J connectivity index is 2.60. The van der Waals surface area contributed by atoms with Crippen LogP contribution in [0.25, 0.3) is 4.96 Å². The Labute approximate surface area is 85.9 Å². The minimum absolute atomic E-state index is 0.190. The third-order valence-corrected chi connectivity index (χ3v) is 3.15. The summed E-state index contributed by atoms with van der Waals surface area (Å²) in [6, 6.07) is 0. The Bertz CT molecular complexity index is 494. The van der Waals surface area contributed by atoms with Crippen LogP contribution in [0.1, 0.15) is 17.1 Å². The second kappa shape index (κ2) is 3.09. The zero-order valence-electron chi connectivity index (χ0n) is 8.16. The summed E-state index contributed by atoms with van der Waals surface area (Å²) in [7, 11) is 0. The normalized spacial score (nSPS) is 11.0. The molecule has 0 bridgehead atoms. The van der Waals surface area contributed by atoms with Crippen molar-refractivity contribution in [2.75, 3.05) is 0 Å². The van der Waals surface area contributed by atoms with Crippen LogP contribution in [0.4, 0.5) is 0 Å². The van der Waals surface area contributed by atoms with Crippen molar-refractivity contribution in [2.45, 2.75) is 20.3 Å². The summed E-state index contributed by atoms with van der Waals surface area (Å²) in [5.74, 6) is 0.190. The SMILES string of the molecule is Cc1nc2scc(CC(=N)N)n2c1C. The summed E-state index contributed by atoms with van der Waals surface area (Å²) in [6.45, 7) is 4.03. The zero-order chi connectivity index (χ0) is 10.3. The van der Waals surface area contributed by atoms with E-state index in [-0.39, 0.29) is 5.84 Å². The molecule has 0 aliphatic carbocycles. The van der Waals surface area contributed by atoms with Crippen LogP contribution in [0.5, 0.6) is 0 Å². The van der Waals surface area contributed by atoms with Gasteiger partial charge < -0.3 is 5.73 Å². The van der Waals surface area contributed by atoms with Crippen molar-refractivity contribution in [2.24, 2.45) is 5.73 Å². The fourth-order valence-corrected chi connectivity index (χ4v) is 2.47. The highest BCUT2D eigenvalue weighted by Gasteiger charge is 2.10. The molecule has 2 heterocycles. The lowest BCUT2D eigenvalue weighted by Gasteiger charge is -1.99. The zero-order valence-corrected chi connectivity index (χ0v) is 8.98. The van der Waals surface area contributed by atoms with Crippen molar-refractivity contribution < 1.29 is 0 Å². The van der Waals surface area contributed by atoms with Crippen molar-refractivity contribution >= 4 is 22.1 Å². The molecule has 0 spiro atoms. The highest BCUT2D eigenvalue weighted by Crippen LogP contribution is 2.20. The Morgan fingerprint density at radius 1 is 1.64 bits per heavy atom. The molecule has 0 aliphatic heterocycles. The van der Waals surface area contributed by atoms with Crippen molar-refractivity contribution in [3.63, 3.8) is 0 Å². The number of aromatic nitrogens is 2. The highest BCUT2D eigenvalue weighted by molar-refractivity contribution is 7.15. The van der Waals surface area contributed by atoms with Gasteiger partial charge in [-0.15, -0.1) is 11.3 Å². The molecule has 74 valence electrons. The molecule has 0 atom stereocenters. The molecule has 3 N–H and O–H groups in total. The van der Waals surface area contributed by atoms with Gasteiger partial charge in [-0.05, 0) is 13.8 Å². The van der Waals surface area contributed by atoms with Gasteiger partial charge in [0.05, 0.1) is 11.5 Å². The summed E-state index contributed by atoms with van der Waals surface area (Å²) in [5.41, 5.74) is 8.62. The van der Waals surface area contributed by atoms with E-state index < -0.39 is 0 Å². The Hall–Kier alpha value is -1.36. The van der Waals surface area contributed by atoms with E-state index in [1.807, 2.05) is 19.2 Å². The van der Waals surface area contributed by atoms with Gasteiger partial charge in [0.25, 0.3) is 0 Å². The fourth-order valence-electron chi connectivity index (χ4n) is 1.49. The first-order valence-corrected chi connectivity index (χ1v) is 5.22. The predicted octanol–water partition coefficient (Wildman–Crippen LogP) is 1.49. The van der Waals surface area contributed by atoms with Gasteiger partial charge in [0.15, 0.2) is 4.96 Å². The molecule has 5 heteroatoms. The van der Waals surface area contributed by atoms with E-state index in [0.29, 0.717) is 6.42 Å². The van der Waals surface area contributed by atoms with Gasteiger partial charge in [0.2, 0.25) is 0 Å². The summed E-state index contributed by atoms with van der Waals surface area (Å²) in [6.07, 6.45) is 0.497. The van der Waals surface area contributed by atoms with Crippen LogP contribution in [0, 0.1) is 19.3 Å². The summed E-state index contributed by atoms with van der Waals surface area (Å²) >= 11 is 1.59. The van der Waals surface area contributed by atoms with E-state index in [0.717, 1.165) is 22.0 Å². The average Bonchev–Trinajstić information content (AvgIpc) is 2.57. The van der Waals surface area contributed by atoms with E-state index in [1.54, 1.807) is 11.3 Å². The highest BCUT2D eigenvalue weighted by atomic mass is 32.1. The maximum atomic E-state index is 7.27. The molecule has 0 saturated carbocycles. The smallest absolute Gasteiger partial charge is 0.194 e. The van der Waals surface area contributed by atoms with Gasteiger partial charge >= 0.3 is 0 Å². The quantitative estimate of drug-likeness (QED) is 0.580. The van der Waals surface area contributed by atoms with Crippen molar-refractivity contribution in [1.29, 1.82) is 5.41 Å². The van der Waals surface area contributed by atoms with Gasteiger partial charge in [0, 0.05) is 23.2 Å². The standard InChI is InChI=1S/C9H12N4S/c1-5-6(2)13-7(3-8(10)11)4-14-9(13)12-5/h4H,3H2,1-2H3,(H3,10,11). The Kier molecular flexibility index (Phi) is 2.03. The number of hydrogen-bond acceptors (Lipinski definition) is 3. The number of nitrogens with two attached hydrogens (primary N) is 1. The molecule has 0 fully saturated rings. The van der Waals surface area contributed by atoms with Crippen LogP contribution in [0.3, 0.4) is 0 Å². The number of aryl methyl sites for hydroxylation is 2. The topological polar surface area (TPSA) is 67.2 Å². The van der Waals surface area contributed by atoms with E-state index in [2.05, 4.69) is 9.38 Å². The van der Waals surface area contributed by atoms with Crippen LogP contribution in [-0.4, -0.2) is 15.2 Å². The summed E-state index contributed by atoms with van der Waals surface area (Å²) in [5, 5.41) is 9.28. The second-order valence-electron chi connectivity index (χ2n) is 3.33. The van der Waals surface area contributed by atoms with Crippen LogP contribution >= 0.6 is 11.3 Å². The van der Waals surface area contributed by atoms with Gasteiger partial charge in [-0.2, -0.15) is 0 Å². The van der Waals surface area contributed by atoms with Crippen LogP contribution in [0.2, 0.25) is 0 Å². The largest absolute Gasteiger partial charge is 0.387 e. The maximum Gasteiger partial charge on any atom is 0.194 e. The first-order valence-electron chi connectivity index (χ1n) is 4.34. The molecule has 14 heavy (non-hydrogen) atoms. The predicted molar refractivity (Wildman–Crippen MR) is 58.2 cm³/mol. The second-order valence-corrected chi connectivity index (χ2v) is 4.17. The van der Waals surface area contributed by atoms with E-state index in [4.69, 9.17) is 11.1 Å². The number of fused-ring (bicyclic) bond motifs is 1. The molecule has 0 unspecified atom stereocenters. The molecule has 0 aliphatic rings. The molecule has 2 rings (SSSR count). The van der Waals surface area contributed by atoms with Gasteiger partial charge in [0.1, 0.15) is 0 Å². The molecule has 2 aromatic heterocycles.